The predicted octanol–water partition coefficient (Wildman–Crippen LogP) is 1.80. The smallest absolute Gasteiger partial charge is 0.265 e. The number of hydrogen-bond donors (Lipinski definition) is 0. The number of hydrazone groups is 1. The van der Waals surface area contributed by atoms with Gasteiger partial charge in [0, 0.05) is 12.3 Å². The van der Waals surface area contributed by atoms with Crippen LogP contribution >= 0.6 is 0 Å². The van der Waals surface area contributed by atoms with Crippen LogP contribution in [0.15, 0.2) is 17.2 Å². The van der Waals surface area contributed by atoms with Crippen LogP contribution < -0.4 is 9.47 Å². The molecular formula is C16H21N3O3. The lowest BCUT2D eigenvalue weighted by Gasteiger charge is -2.29. The molecule has 6 nitrogen and oxygen atoms in total. The fourth-order valence-corrected chi connectivity index (χ4v) is 3.14. The molecule has 1 aromatic carbocycles. The first-order valence-corrected chi connectivity index (χ1v) is 7.37. The van der Waals surface area contributed by atoms with Gasteiger partial charge < -0.3 is 9.47 Å². The van der Waals surface area contributed by atoms with Crippen molar-refractivity contribution in [1.82, 2.24) is 9.91 Å². The van der Waals surface area contributed by atoms with Gasteiger partial charge in [-0.1, -0.05) is 0 Å². The number of carbonyl (C=O) groups is 1. The number of benzene rings is 1. The van der Waals surface area contributed by atoms with E-state index in [2.05, 4.69) is 10.0 Å². The Kier molecular flexibility index (Phi) is 3.78. The van der Waals surface area contributed by atoms with Crippen LogP contribution in [0.3, 0.4) is 0 Å². The van der Waals surface area contributed by atoms with Gasteiger partial charge >= 0.3 is 0 Å². The van der Waals surface area contributed by atoms with Crippen LogP contribution in [0.4, 0.5) is 0 Å². The number of hydrogen-bond acceptors (Lipinski definition) is 5. The van der Waals surface area contributed by atoms with E-state index >= 15 is 0 Å². The monoisotopic (exact) mass is 303 g/mol. The van der Waals surface area contributed by atoms with Crippen molar-refractivity contribution < 1.29 is 14.3 Å². The molecular weight excluding hydrogens is 282 g/mol. The SMILES string of the molecule is COc1cc2c(cc1OC)C1C(=O)N(N=C(C)C)CN1CC2. The third-order valence-electron chi connectivity index (χ3n) is 4.10. The van der Waals surface area contributed by atoms with Gasteiger partial charge in [0.25, 0.3) is 5.91 Å². The second kappa shape index (κ2) is 5.61. The largest absolute Gasteiger partial charge is 0.493 e. The van der Waals surface area contributed by atoms with Crippen molar-refractivity contribution in [1.29, 1.82) is 0 Å². The van der Waals surface area contributed by atoms with Crippen LogP contribution in [0.5, 0.6) is 11.5 Å². The molecule has 2 aliphatic heterocycles. The summed E-state index contributed by atoms with van der Waals surface area (Å²) < 4.78 is 10.7. The fraction of sp³-hybridized carbons (Fsp3) is 0.500. The molecule has 0 aromatic heterocycles. The molecule has 1 aromatic rings. The summed E-state index contributed by atoms with van der Waals surface area (Å²) in [5, 5.41) is 5.89. The molecule has 0 bridgehead atoms. The van der Waals surface area contributed by atoms with Crippen LogP contribution in [-0.4, -0.2) is 49.0 Å². The summed E-state index contributed by atoms with van der Waals surface area (Å²) >= 11 is 0. The van der Waals surface area contributed by atoms with Gasteiger partial charge in [0.1, 0.15) is 6.04 Å². The summed E-state index contributed by atoms with van der Waals surface area (Å²) in [5.74, 6) is 1.39. The Balaban J connectivity index is 2.02. The van der Waals surface area contributed by atoms with Crippen molar-refractivity contribution in [2.24, 2.45) is 5.10 Å². The third-order valence-corrected chi connectivity index (χ3v) is 4.10. The minimum atomic E-state index is -0.272. The Bertz CT molecular complexity index is 638. The van der Waals surface area contributed by atoms with Gasteiger partial charge in [0.15, 0.2) is 11.5 Å². The highest BCUT2D eigenvalue weighted by Gasteiger charge is 2.43. The third kappa shape index (κ3) is 2.33. The van der Waals surface area contributed by atoms with Crippen molar-refractivity contribution in [3.63, 3.8) is 0 Å². The van der Waals surface area contributed by atoms with E-state index in [0.717, 1.165) is 29.8 Å². The first-order valence-electron chi connectivity index (χ1n) is 7.37. The average Bonchev–Trinajstić information content (AvgIpc) is 2.81. The number of nitrogens with zero attached hydrogens (tertiary/aromatic N) is 3. The van der Waals surface area contributed by atoms with Crippen molar-refractivity contribution in [2.75, 3.05) is 27.4 Å². The highest BCUT2D eigenvalue weighted by atomic mass is 16.5. The molecule has 2 heterocycles. The average molecular weight is 303 g/mol. The molecule has 2 aliphatic rings. The lowest BCUT2D eigenvalue weighted by atomic mass is 9.92. The van der Waals surface area contributed by atoms with Crippen LogP contribution in [0, 0.1) is 0 Å². The maximum Gasteiger partial charge on any atom is 0.265 e. The maximum atomic E-state index is 12.7. The van der Waals surface area contributed by atoms with E-state index in [4.69, 9.17) is 9.47 Å². The van der Waals surface area contributed by atoms with Gasteiger partial charge in [0.2, 0.25) is 0 Å². The molecule has 1 saturated heterocycles. The number of fused-ring (bicyclic) bond motifs is 3. The molecule has 0 aliphatic carbocycles. The molecule has 3 rings (SSSR count). The molecule has 118 valence electrons. The van der Waals surface area contributed by atoms with Gasteiger partial charge in [-0.15, -0.1) is 0 Å². The molecule has 6 heteroatoms. The van der Waals surface area contributed by atoms with Gasteiger partial charge in [-0.3, -0.25) is 9.69 Å². The van der Waals surface area contributed by atoms with E-state index in [1.165, 1.54) is 0 Å². The first-order chi connectivity index (χ1) is 10.5. The lowest BCUT2D eigenvalue weighted by Crippen LogP contribution is -2.33. The molecule has 1 atom stereocenters. The number of ether oxygens (including phenoxy) is 2. The Morgan fingerprint density at radius 1 is 1.23 bits per heavy atom. The molecule has 0 N–H and O–H groups in total. The number of methoxy groups -OCH3 is 2. The van der Waals surface area contributed by atoms with Crippen molar-refractivity contribution in [3.05, 3.63) is 23.3 Å². The number of carbonyl (C=O) groups excluding carboxylic acids is 1. The van der Waals surface area contributed by atoms with Crippen molar-refractivity contribution >= 4 is 11.6 Å². The first kappa shape index (κ1) is 14.8. The maximum absolute atomic E-state index is 12.7. The van der Waals surface area contributed by atoms with E-state index in [0.29, 0.717) is 18.2 Å². The van der Waals surface area contributed by atoms with Crippen LogP contribution in [0.2, 0.25) is 0 Å². The van der Waals surface area contributed by atoms with E-state index in [1.807, 2.05) is 26.0 Å². The molecule has 1 amide bonds. The topological polar surface area (TPSA) is 54.4 Å². The molecule has 0 radical (unpaired) electrons. The summed E-state index contributed by atoms with van der Waals surface area (Å²) in [4.78, 5) is 14.9. The van der Waals surface area contributed by atoms with E-state index in [9.17, 15) is 4.79 Å². The van der Waals surface area contributed by atoms with E-state index in [-0.39, 0.29) is 11.9 Å². The zero-order chi connectivity index (χ0) is 15.9. The quantitative estimate of drug-likeness (QED) is 0.799. The molecule has 0 saturated carbocycles. The summed E-state index contributed by atoms with van der Waals surface area (Å²) in [6.45, 7) is 5.18. The normalized spacial score (nSPS) is 20.5. The van der Waals surface area contributed by atoms with Gasteiger partial charge in [0.05, 0.1) is 20.9 Å². The summed E-state index contributed by atoms with van der Waals surface area (Å²) in [6.07, 6.45) is 0.891. The number of amides is 1. The van der Waals surface area contributed by atoms with E-state index < -0.39 is 0 Å². The predicted molar refractivity (Wildman–Crippen MR) is 83.2 cm³/mol. The Hall–Kier alpha value is -2.08. The Morgan fingerprint density at radius 3 is 2.55 bits per heavy atom. The van der Waals surface area contributed by atoms with Crippen molar-refractivity contribution in [2.45, 2.75) is 26.3 Å². The van der Waals surface area contributed by atoms with Gasteiger partial charge in [-0.05, 0) is 43.5 Å². The summed E-state index contributed by atoms with van der Waals surface area (Å²) in [7, 11) is 3.24. The Morgan fingerprint density at radius 2 is 1.91 bits per heavy atom. The van der Waals surface area contributed by atoms with Crippen LogP contribution in [-0.2, 0) is 11.2 Å². The number of rotatable bonds is 3. The molecule has 0 spiro atoms. The van der Waals surface area contributed by atoms with Crippen LogP contribution in [0.1, 0.15) is 31.0 Å². The Labute approximate surface area is 130 Å². The molecule has 22 heavy (non-hydrogen) atoms. The summed E-state index contributed by atoms with van der Waals surface area (Å²) in [6, 6.07) is 3.64. The zero-order valence-corrected chi connectivity index (χ0v) is 13.4. The van der Waals surface area contributed by atoms with E-state index in [1.54, 1.807) is 19.2 Å². The second-order valence-electron chi connectivity index (χ2n) is 5.80. The minimum Gasteiger partial charge on any atom is -0.493 e. The highest BCUT2D eigenvalue weighted by molar-refractivity contribution is 5.88. The highest BCUT2D eigenvalue weighted by Crippen LogP contribution is 2.41. The summed E-state index contributed by atoms with van der Waals surface area (Å²) in [5.41, 5.74) is 3.02. The zero-order valence-electron chi connectivity index (χ0n) is 13.4. The van der Waals surface area contributed by atoms with Gasteiger partial charge in [-0.25, -0.2) is 5.01 Å². The second-order valence-corrected chi connectivity index (χ2v) is 5.80. The fourth-order valence-electron chi connectivity index (χ4n) is 3.14. The molecule has 1 unspecified atom stereocenters. The standard InChI is InChI=1S/C16H21N3O3/c1-10(2)17-19-9-18-6-5-11-7-13(21-3)14(22-4)8-12(11)15(18)16(19)20/h7-8,15H,5-6,9H2,1-4H3. The van der Waals surface area contributed by atoms with Gasteiger partial charge in [-0.2, -0.15) is 5.10 Å². The molecule has 1 fully saturated rings. The van der Waals surface area contributed by atoms with Crippen LogP contribution in [0.25, 0.3) is 0 Å². The minimum absolute atomic E-state index is 0.0226. The lowest BCUT2D eigenvalue weighted by molar-refractivity contribution is -0.129. The van der Waals surface area contributed by atoms with Crippen molar-refractivity contribution in [3.8, 4) is 11.5 Å².